The first kappa shape index (κ1) is 11.1. The van der Waals surface area contributed by atoms with Crippen molar-refractivity contribution in [1.29, 1.82) is 0 Å². The maximum atomic E-state index is 13.3. The molecule has 1 atom stereocenters. The third-order valence-corrected chi connectivity index (χ3v) is 2.16. The van der Waals surface area contributed by atoms with Gasteiger partial charge in [0, 0.05) is 19.0 Å². The topological polar surface area (TPSA) is 38.0 Å². The van der Waals surface area contributed by atoms with Gasteiger partial charge in [0.15, 0.2) is 11.6 Å². The van der Waals surface area contributed by atoms with Gasteiger partial charge in [-0.2, -0.15) is 0 Å². The third kappa shape index (κ3) is 2.27. The highest BCUT2D eigenvalue weighted by molar-refractivity contribution is 5.23. The quantitative estimate of drug-likeness (QED) is 0.767. The van der Waals surface area contributed by atoms with Gasteiger partial charge < -0.3 is 11.1 Å². The number of nitrogens with two attached hydrogens (primary N) is 1. The van der Waals surface area contributed by atoms with Gasteiger partial charge in [0.25, 0.3) is 0 Å². The molecule has 0 saturated heterocycles. The zero-order valence-corrected chi connectivity index (χ0v) is 8.06. The highest BCUT2D eigenvalue weighted by Crippen LogP contribution is 2.19. The second-order valence-electron chi connectivity index (χ2n) is 3.13. The van der Waals surface area contributed by atoms with Crippen molar-refractivity contribution < 1.29 is 8.78 Å². The summed E-state index contributed by atoms with van der Waals surface area (Å²) in [6, 6.07) is 4.16. The van der Waals surface area contributed by atoms with E-state index in [0.29, 0.717) is 18.7 Å². The monoisotopic (exact) mass is 200 g/mol. The Balaban J connectivity index is 2.97. The van der Waals surface area contributed by atoms with Crippen molar-refractivity contribution in [3.63, 3.8) is 0 Å². The van der Waals surface area contributed by atoms with Crippen LogP contribution in [0.2, 0.25) is 0 Å². The lowest BCUT2D eigenvalue weighted by Gasteiger charge is -2.15. The molecular weight excluding hydrogens is 186 g/mol. The van der Waals surface area contributed by atoms with Crippen molar-refractivity contribution in [3.8, 4) is 0 Å². The van der Waals surface area contributed by atoms with E-state index in [1.54, 1.807) is 13.1 Å². The Kier molecular flexibility index (Phi) is 3.98. The molecule has 78 valence electrons. The molecule has 0 aromatic heterocycles. The van der Waals surface area contributed by atoms with Crippen LogP contribution in [0, 0.1) is 11.6 Å². The Bertz CT molecular complexity index is 302. The zero-order chi connectivity index (χ0) is 10.6. The van der Waals surface area contributed by atoms with E-state index in [9.17, 15) is 8.78 Å². The zero-order valence-electron chi connectivity index (χ0n) is 8.06. The highest BCUT2D eigenvalue weighted by atomic mass is 19.2. The summed E-state index contributed by atoms with van der Waals surface area (Å²) in [4.78, 5) is 0. The number of halogens is 2. The van der Waals surface area contributed by atoms with Crippen LogP contribution in [0.15, 0.2) is 18.2 Å². The van der Waals surface area contributed by atoms with Gasteiger partial charge in [0.05, 0.1) is 0 Å². The van der Waals surface area contributed by atoms with E-state index < -0.39 is 11.6 Å². The van der Waals surface area contributed by atoms with Crippen LogP contribution in [-0.4, -0.2) is 20.1 Å². The number of hydrogen-bond donors (Lipinski definition) is 2. The molecule has 0 aliphatic carbocycles. The first-order valence-corrected chi connectivity index (χ1v) is 4.49. The molecule has 4 heteroatoms. The average Bonchev–Trinajstić information content (AvgIpc) is 2.19. The number of rotatable bonds is 4. The molecule has 1 aromatic rings. The summed E-state index contributed by atoms with van der Waals surface area (Å²) in [5.41, 5.74) is 5.82. The van der Waals surface area contributed by atoms with Gasteiger partial charge in [-0.05, 0) is 18.7 Å². The van der Waals surface area contributed by atoms with Gasteiger partial charge in [0.1, 0.15) is 0 Å². The summed E-state index contributed by atoms with van der Waals surface area (Å²) < 4.78 is 26.2. The summed E-state index contributed by atoms with van der Waals surface area (Å²) in [7, 11) is 1.75. The molecule has 0 radical (unpaired) electrons. The predicted molar refractivity (Wildman–Crippen MR) is 52.1 cm³/mol. The second-order valence-corrected chi connectivity index (χ2v) is 3.13. The molecule has 1 unspecified atom stereocenters. The van der Waals surface area contributed by atoms with Gasteiger partial charge in [-0.25, -0.2) is 8.78 Å². The molecule has 3 N–H and O–H groups in total. The van der Waals surface area contributed by atoms with Crippen molar-refractivity contribution >= 4 is 0 Å². The molecule has 0 aliphatic heterocycles. The van der Waals surface area contributed by atoms with Crippen LogP contribution in [-0.2, 0) is 0 Å². The molecular formula is C10H14F2N2. The van der Waals surface area contributed by atoms with Crippen molar-refractivity contribution in [2.75, 3.05) is 20.1 Å². The maximum absolute atomic E-state index is 13.3. The summed E-state index contributed by atoms with van der Waals surface area (Å²) in [5.74, 6) is -1.80. The van der Waals surface area contributed by atoms with E-state index in [4.69, 9.17) is 5.73 Å². The minimum Gasteiger partial charge on any atom is -0.330 e. The van der Waals surface area contributed by atoms with Gasteiger partial charge in [-0.15, -0.1) is 0 Å². The normalized spacial score (nSPS) is 12.9. The van der Waals surface area contributed by atoms with E-state index >= 15 is 0 Å². The summed E-state index contributed by atoms with van der Waals surface area (Å²) >= 11 is 0. The lowest BCUT2D eigenvalue weighted by atomic mass is 9.98. The van der Waals surface area contributed by atoms with Crippen molar-refractivity contribution in [2.45, 2.75) is 5.92 Å². The van der Waals surface area contributed by atoms with Crippen LogP contribution in [0.3, 0.4) is 0 Å². The Morgan fingerprint density at radius 1 is 1.43 bits per heavy atom. The smallest absolute Gasteiger partial charge is 0.162 e. The third-order valence-electron chi connectivity index (χ3n) is 2.16. The van der Waals surface area contributed by atoms with Crippen LogP contribution >= 0.6 is 0 Å². The first-order valence-electron chi connectivity index (χ1n) is 4.49. The van der Waals surface area contributed by atoms with Crippen LogP contribution < -0.4 is 11.1 Å². The Morgan fingerprint density at radius 3 is 2.71 bits per heavy atom. The van der Waals surface area contributed by atoms with Gasteiger partial charge in [0.2, 0.25) is 0 Å². The van der Waals surface area contributed by atoms with Crippen LogP contribution in [0.4, 0.5) is 8.78 Å². The van der Waals surface area contributed by atoms with Gasteiger partial charge in [-0.1, -0.05) is 12.1 Å². The first-order chi connectivity index (χ1) is 6.70. The van der Waals surface area contributed by atoms with E-state index in [1.165, 1.54) is 6.07 Å². The van der Waals surface area contributed by atoms with Crippen LogP contribution in [0.1, 0.15) is 11.5 Å². The van der Waals surface area contributed by atoms with E-state index in [1.807, 2.05) is 0 Å². The molecule has 0 bridgehead atoms. The van der Waals surface area contributed by atoms with Crippen molar-refractivity contribution in [3.05, 3.63) is 35.4 Å². The standard InChI is InChI=1S/C10H14F2N2/c1-14-6-7(5-13)8-3-2-4-9(11)10(8)12/h2-4,7,14H,5-6,13H2,1H3. The highest BCUT2D eigenvalue weighted by Gasteiger charge is 2.15. The Labute approximate surface area is 82.1 Å². The summed E-state index contributed by atoms with van der Waals surface area (Å²) in [6.45, 7) is 0.831. The Morgan fingerprint density at radius 2 is 2.14 bits per heavy atom. The molecule has 2 nitrogen and oxygen atoms in total. The lowest BCUT2D eigenvalue weighted by molar-refractivity contribution is 0.484. The molecule has 1 rings (SSSR count). The number of hydrogen-bond acceptors (Lipinski definition) is 2. The molecule has 0 fully saturated rings. The van der Waals surface area contributed by atoms with Crippen molar-refractivity contribution in [1.82, 2.24) is 5.32 Å². The molecule has 0 amide bonds. The summed E-state index contributed by atoms with van der Waals surface area (Å²) in [5, 5.41) is 2.89. The largest absolute Gasteiger partial charge is 0.330 e. The molecule has 14 heavy (non-hydrogen) atoms. The number of likely N-dealkylation sites (N-methyl/N-ethyl adjacent to an activating group) is 1. The minimum absolute atomic E-state index is 0.185. The molecule has 0 spiro atoms. The fourth-order valence-corrected chi connectivity index (χ4v) is 1.40. The molecule has 0 saturated carbocycles. The Hall–Kier alpha value is -1.00. The number of nitrogens with one attached hydrogen (secondary N) is 1. The van der Waals surface area contributed by atoms with E-state index in [0.717, 1.165) is 6.07 Å². The number of benzene rings is 1. The van der Waals surface area contributed by atoms with E-state index in [2.05, 4.69) is 5.32 Å². The minimum atomic E-state index is -0.822. The second kappa shape index (κ2) is 5.02. The van der Waals surface area contributed by atoms with Gasteiger partial charge in [-0.3, -0.25) is 0 Å². The predicted octanol–water partition coefficient (Wildman–Crippen LogP) is 1.23. The molecule has 0 aliphatic rings. The van der Waals surface area contributed by atoms with Gasteiger partial charge >= 0.3 is 0 Å². The van der Waals surface area contributed by atoms with E-state index in [-0.39, 0.29) is 5.92 Å². The SMILES string of the molecule is CNCC(CN)c1cccc(F)c1F. The fourth-order valence-electron chi connectivity index (χ4n) is 1.40. The van der Waals surface area contributed by atoms with Crippen molar-refractivity contribution in [2.24, 2.45) is 5.73 Å². The lowest BCUT2D eigenvalue weighted by Crippen LogP contribution is -2.25. The maximum Gasteiger partial charge on any atom is 0.162 e. The molecule has 0 heterocycles. The van der Waals surface area contributed by atoms with Crippen LogP contribution in [0.5, 0.6) is 0 Å². The average molecular weight is 200 g/mol. The fraction of sp³-hybridized carbons (Fsp3) is 0.400. The summed E-state index contributed by atoms with van der Waals surface area (Å²) in [6.07, 6.45) is 0. The van der Waals surface area contributed by atoms with Crippen LogP contribution in [0.25, 0.3) is 0 Å². The molecule has 1 aromatic carbocycles.